The van der Waals surface area contributed by atoms with Crippen molar-refractivity contribution in [2.24, 2.45) is 13.0 Å². The van der Waals surface area contributed by atoms with Crippen LogP contribution >= 0.6 is 34.8 Å². The average Bonchev–Trinajstić information content (AvgIpc) is 3.61. The Morgan fingerprint density at radius 1 is 0.946 bits per heavy atom. The molecule has 5 aromatic rings. The molecule has 0 spiro atoms. The van der Waals surface area contributed by atoms with Crippen molar-refractivity contribution in [1.82, 2.24) is 14.1 Å². The van der Waals surface area contributed by atoms with Crippen LogP contribution in [0.25, 0.3) is 33.2 Å². The van der Waals surface area contributed by atoms with Crippen LogP contribution in [0.1, 0.15) is 24.1 Å². The molecule has 1 saturated carbocycles. The maximum Gasteiger partial charge on any atom is 0.255 e. The van der Waals surface area contributed by atoms with Crippen LogP contribution in [0, 0.1) is 5.92 Å². The van der Waals surface area contributed by atoms with Crippen molar-refractivity contribution in [3.8, 4) is 22.3 Å². The maximum absolute atomic E-state index is 14.3. The molecule has 0 bridgehead atoms. The summed E-state index contributed by atoms with van der Waals surface area (Å²) >= 11 is 19.5. The van der Waals surface area contributed by atoms with E-state index in [-0.39, 0.29) is 5.56 Å². The van der Waals surface area contributed by atoms with Gasteiger partial charge < -0.3 is 9.13 Å². The van der Waals surface area contributed by atoms with Crippen molar-refractivity contribution in [3.05, 3.63) is 110 Å². The molecule has 1 aliphatic carbocycles. The molecule has 1 fully saturated rings. The summed E-state index contributed by atoms with van der Waals surface area (Å²) in [6.45, 7) is 0.696. The number of fused-ring (bicyclic) bond motifs is 1. The summed E-state index contributed by atoms with van der Waals surface area (Å²) in [5.41, 5.74) is 6.17. The largest absolute Gasteiger partial charge is 0.337 e. The minimum Gasteiger partial charge on any atom is -0.337 e. The van der Waals surface area contributed by atoms with Gasteiger partial charge in [-0.3, -0.25) is 4.79 Å². The number of halogens is 3. The van der Waals surface area contributed by atoms with E-state index in [1.54, 1.807) is 12.4 Å². The first kappa shape index (κ1) is 24.3. The lowest BCUT2D eigenvalue weighted by molar-refractivity contribution is 0.622. The first-order valence-corrected chi connectivity index (χ1v) is 13.4. The van der Waals surface area contributed by atoms with E-state index in [9.17, 15) is 4.79 Å². The molecule has 0 saturated heterocycles. The summed E-state index contributed by atoms with van der Waals surface area (Å²) < 4.78 is 3.92. The van der Waals surface area contributed by atoms with Crippen LogP contribution in [0.3, 0.4) is 0 Å². The van der Waals surface area contributed by atoms with Gasteiger partial charge >= 0.3 is 0 Å². The SMILES string of the molecule is Cn1cncc1Cc1c(-c2cccc(Cl)c2)c2c(-c3ccc(Cl)cc3Cl)cccc2n(CC2CC2)c1=O. The van der Waals surface area contributed by atoms with Crippen LogP contribution in [0.4, 0.5) is 0 Å². The third kappa shape index (κ3) is 4.59. The summed E-state index contributed by atoms with van der Waals surface area (Å²) in [4.78, 5) is 18.6. The standard InChI is InChI=1S/C30H24Cl3N3O/c1-35-17-34-15-22(35)14-25-28(19-4-2-5-20(31)12-19)29-24(23-11-10-21(32)13-26(23)33)6-3-7-27(29)36(30(25)37)16-18-8-9-18/h2-7,10-13,15,17-18H,8-9,14,16H2,1H3. The Kier molecular flexibility index (Phi) is 6.36. The zero-order chi connectivity index (χ0) is 25.7. The predicted octanol–water partition coefficient (Wildman–Crippen LogP) is 8.03. The molecule has 0 aliphatic heterocycles. The lowest BCUT2D eigenvalue weighted by Crippen LogP contribution is -2.27. The average molecular weight is 549 g/mol. The molecule has 1 aliphatic rings. The summed E-state index contributed by atoms with van der Waals surface area (Å²) in [6.07, 6.45) is 6.31. The number of nitrogens with zero attached hydrogens (tertiary/aromatic N) is 3. The second kappa shape index (κ2) is 9.68. The fourth-order valence-electron chi connectivity index (χ4n) is 5.09. The van der Waals surface area contributed by atoms with E-state index < -0.39 is 0 Å². The van der Waals surface area contributed by atoms with Crippen LogP contribution in [0.2, 0.25) is 15.1 Å². The van der Waals surface area contributed by atoms with Gasteiger partial charge in [0.15, 0.2) is 0 Å². The molecular weight excluding hydrogens is 525 g/mol. The van der Waals surface area contributed by atoms with Gasteiger partial charge in [-0.1, -0.05) is 65.1 Å². The first-order valence-electron chi connectivity index (χ1n) is 12.3. The van der Waals surface area contributed by atoms with E-state index in [0.29, 0.717) is 34.0 Å². The molecule has 37 heavy (non-hydrogen) atoms. The number of imidazole rings is 1. The number of hydrogen-bond donors (Lipinski definition) is 0. The molecule has 0 amide bonds. The Labute approximate surface area is 230 Å². The molecule has 0 N–H and O–H groups in total. The minimum absolute atomic E-state index is 0.0231. The predicted molar refractivity (Wildman–Crippen MR) is 153 cm³/mol. The van der Waals surface area contributed by atoms with Gasteiger partial charge in [-0.2, -0.15) is 0 Å². The third-order valence-electron chi connectivity index (χ3n) is 7.14. The van der Waals surface area contributed by atoms with Crippen LogP contribution in [-0.4, -0.2) is 14.1 Å². The fourth-order valence-corrected chi connectivity index (χ4v) is 5.79. The molecule has 6 rings (SSSR count). The maximum atomic E-state index is 14.3. The van der Waals surface area contributed by atoms with Crippen LogP contribution in [0.5, 0.6) is 0 Å². The fraction of sp³-hybridized carbons (Fsp3) is 0.200. The van der Waals surface area contributed by atoms with Crippen molar-refractivity contribution in [3.63, 3.8) is 0 Å². The Hall–Kier alpha value is -3.05. The Bertz CT molecular complexity index is 1720. The van der Waals surface area contributed by atoms with Gasteiger partial charge in [0.25, 0.3) is 5.56 Å². The number of benzene rings is 3. The summed E-state index contributed by atoms with van der Waals surface area (Å²) in [5.74, 6) is 0.519. The van der Waals surface area contributed by atoms with Crippen molar-refractivity contribution in [2.75, 3.05) is 0 Å². The monoisotopic (exact) mass is 547 g/mol. The Morgan fingerprint density at radius 3 is 2.43 bits per heavy atom. The topological polar surface area (TPSA) is 39.8 Å². The summed E-state index contributed by atoms with van der Waals surface area (Å²) in [7, 11) is 1.95. The molecule has 0 radical (unpaired) electrons. The van der Waals surface area contributed by atoms with E-state index in [2.05, 4.69) is 11.1 Å². The van der Waals surface area contributed by atoms with E-state index in [4.69, 9.17) is 34.8 Å². The summed E-state index contributed by atoms with van der Waals surface area (Å²) in [5, 5.41) is 2.73. The highest BCUT2D eigenvalue weighted by molar-refractivity contribution is 6.37. The molecule has 2 heterocycles. The number of hydrogen-bond acceptors (Lipinski definition) is 2. The molecule has 0 atom stereocenters. The second-order valence-corrected chi connectivity index (χ2v) is 11.0. The van der Waals surface area contributed by atoms with Crippen LogP contribution < -0.4 is 5.56 Å². The first-order chi connectivity index (χ1) is 17.9. The zero-order valence-electron chi connectivity index (χ0n) is 20.2. The molecule has 0 unspecified atom stereocenters. The number of pyridine rings is 1. The normalized spacial score (nSPS) is 13.4. The quantitative estimate of drug-likeness (QED) is 0.215. The lowest BCUT2D eigenvalue weighted by Gasteiger charge is -2.21. The Morgan fingerprint density at radius 2 is 1.73 bits per heavy atom. The van der Waals surface area contributed by atoms with Gasteiger partial charge in [-0.25, -0.2) is 4.98 Å². The highest BCUT2D eigenvalue weighted by Gasteiger charge is 2.27. The van der Waals surface area contributed by atoms with Gasteiger partial charge in [0.2, 0.25) is 0 Å². The van der Waals surface area contributed by atoms with E-state index in [0.717, 1.165) is 57.3 Å². The van der Waals surface area contributed by atoms with Crippen molar-refractivity contribution >= 4 is 45.7 Å². The van der Waals surface area contributed by atoms with E-state index >= 15 is 0 Å². The highest BCUT2D eigenvalue weighted by Crippen LogP contribution is 2.42. The molecular formula is C30H24Cl3N3O. The smallest absolute Gasteiger partial charge is 0.255 e. The summed E-state index contributed by atoms with van der Waals surface area (Å²) in [6, 6.07) is 19.3. The van der Waals surface area contributed by atoms with Crippen molar-refractivity contribution in [2.45, 2.75) is 25.8 Å². The number of rotatable bonds is 6. The van der Waals surface area contributed by atoms with Gasteiger partial charge in [0.05, 0.1) is 11.8 Å². The molecule has 2 aromatic heterocycles. The molecule has 186 valence electrons. The number of aryl methyl sites for hydroxylation is 1. The Balaban J connectivity index is 1.76. The second-order valence-electron chi connectivity index (χ2n) is 9.72. The minimum atomic E-state index is 0.0231. The molecule has 4 nitrogen and oxygen atoms in total. The van der Waals surface area contributed by atoms with Crippen LogP contribution in [-0.2, 0) is 20.0 Å². The lowest BCUT2D eigenvalue weighted by atomic mass is 9.89. The van der Waals surface area contributed by atoms with Crippen molar-refractivity contribution in [1.29, 1.82) is 0 Å². The highest BCUT2D eigenvalue weighted by atomic mass is 35.5. The van der Waals surface area contributed by atoms with Crippen molar-refractivity contribution < 1.29 is 0 Å². The van der Waals surface area contributed by atoms with Gasteiger partial charge in [-0.05, 0) is 60.2 Å². The third-order valence-corrected chi connectivity index (χ3v) is 7.92. The molecule has 3 aromatic carbocycles. The van der Waals surface area contributed by atoms with Gasteiger partial charge in [0, 0.05) is 69.0 Å². The zero-order valence-corrected chi connectivity index (χ0v) is 22.5. The molecule has 7 heteroatoms. The van der Waals surface area contributed by atoms with E-state index in [1.807, 2.05) is 70.9 Å². The van der Waals surface area contributed by atoms with Crippen LogP contribution in [0.15, 0.2) is 78.0 Å². The van der Waals surface area contributed by atoms with Gasteiger partial charge in [-0.15, -0.1) is 0 Å². The number of aromatic nitrogens is 3. The van der Waals surface area contributed by atoms with Gasteiger partial charge in [0.1, 0.15) is 0 Å². The van der Waals surface area contributed by atoms with E-state index in [1.165, 1.54) is 0 Å².